The number of piperidine rings is 2. The molecule has 5 rings (SSSR count). The van der Waals surface area contributed by atoms with E-state index in [4.69, 9.17) is 4.74 Å². The van der Waals surface area contributed by atoms with Crippen molar-refractivity contribution in [1.82, 2.24) is 30.0 Å². The van der Waals surface area contributed by atoms with Crippen LogP contribution in [0.2, 0.25) is 0 Å². The van der Waals surface area contributed by atoms with Crippen molar-refractivity contribution < 1.29 is 13.9 Å². The molecule has 33 heavy (non-hydrogen) atoms. The number of carbonyl (C=O) groups is 1. The van der Waals surface area contributed by atoms with E-state index in [1.807, 2.05) is 29.2 Å². The minimum atomic E-state index is -0.305. The number of rotatable bonds is 5. The van der Waals surface area contributed by atoms with E-state index in [0.717, 1.165) is 57.5 Å². The van der Waals surface area contributed by atoms with E-state index in [2.05, 4.69) is 20.4 Å². The fourth-order valence-corrected chi connectivity index (χ4v) is 4.76. The highest BCUT2D eigenvalue weighted by Crippen LogP contribution is 2.26. The molecule has 0 radical (unpaired) electrons. The fourth-order valence-electron chi connectivity index (χ4n) is 4.76. The van der Waals surface area contributed by atoms with Crippen molar-refractivity contribution in [2.45, 2.75) is 37.8 Å². The molecule has 0 saturated carbocycles. The van der Waals surface area contributed by atoms with Crippen molar-refractivity contribution in [3.8, 4) is 11.4 Å². The van der Waals surface area contributed by atoms with Gasteiger partial charge in [-0.15, -0.1) is 5.10 Å². The second kappa shape index (κ2) is 9.66. The minimum absolute atomic E-state index is 0.0420. The number of tetrazole rings is 1. The van der Waals surface area contributed by atoms with Crippen LogP contribution in [0, 0.1) is 5.82 Å². The Morgan fingerprint density at radius 1 is 0.970 bits per heavy atom. The third kappa shape index (κ3) is 4.88. The first-order valence-corrected chi connectivity index (χ1v) is 11.5. The van der Waals surface area contributed by atoms with Crippen LogP contribution < -0.4 is 4.74 Å². The van der Waals surface area contributed by atoms with Gasteiger partial charge in [-0.2, -0.15) is 0 Å². The van der Waals surface area contributed by atoms with Gasteiger partial charge in [-0.3, -0.25) is 9.69 Å². The van der Waals surface area contributed by atoms with Crippen LogP contribution in [0.4, 0.5) is 4.39 Å². The molecule has 8 nitrogen and oxygen atoms in total. The van der Waals surface area contributed by atoms with Gasteiger partial charge in [-0.25, -0.2) is 9.07 Å². The van der Waals surface area contributed by atoms with E-state index in [0.29, 0.717) is 17.4 Å². The summed E-state index contributed by atoms with van der Waals surface area (Å²) in [6.07, 6.45) is 5.25. The second-order valence-corrected chi connectivity index (χ2v) is 8.61. The number of benzene rings is 2. The normalized spacial score (nSPS) is 18.4. The number of nitrogens with zero attached hydrogens (tertiary/aromatic N) is 6. The quantitative estimate of drug-likeness (QED) is 0.595. The van der Waals surface area contributed by atoms with E-state index in [9.17, 15) is 9.18 Å². The maximum absolute atomic E-state index is 13.9. The number of hydrogen-bond acceptors (Lipinski definition) is 6. The third-order valence-electron chi connectivity index (χ3n) is 6.58. The largest absolute Gasteiger partial charge is 0.487 e. The molecule has 0 aliphatic carbocycles. The first-order chi connectivity index (χ1) is 16.2. The zero-order chi connectivity index (χ0) is 22.6. The Balaban J connectivity index is 1.12. The molecule has 2 fully saturated rings. The van der Waals surface area contributed by atoms with Crippen LogP contribution in [0.1, 0.15) is 36.0 Å². The van der Waals surface area contributed by atoms with Crippen molar-refractivity contribution in [2.24, 2.45) is 0 Å². The molecule has 0 unspecified atom stereocenters. The molecule has 2 aliphatic rings. The first-order valence-electron chi connectivity index (χ1n) is 11.5. The Morgan fingerprint density at radius 3 is 2.48 bits per heavy atom. The SMILES string of the molecule is O=C(c1cccc(-n2cnnn2)c1)N1CCC(N2CCC(Oc3ccccc3F)CC2)CC1. The molecule has 0 bridgehead atoms. The van der Waals surface area contributed by atoms with Gasteiger partial charge in [0, 0.05) is 37.8 Å². The summed E-state index contributed by atoms with van der Waals surface area (Å²) in [6, 6.07) is 14.4. The van der Waals surface area contributed by atoms with Crippen molar-refractivity contribution in [3.63, 3.8) is 0 Å². The fraction of sp³-hybridized carbons (Fsp3) is 0.417. The maximum atomic E-state index is 13.9. The molecule has 3 aromatic rings. The van der Waals surface area contributed by atoms with Crippen molar-refractivity contribution >= 4 is 5.91 Å². The van der Waals surface area contributed by atoms with Gasteiger partial charge in [-0.05, 0) is 66.4 Å². The van der Waals surface area contributed by atoms with Crippen LogP contribution in [0.3, 0.4) is 0 Å². The van der Waals surface area contributed by atoms with Crippen LogP contribution in [0.25, 0.3) is 5.69 Å². The molecule has 0 N–H and O–H groups in total. The van der Waals surface area contributed by atoms with Crippen LogP contribution in [-0.2, 0) is 0 Å². The lowest BCUT2D eigenvalue weighted by atomic mass is 9.98. The summed E-state index contributed by atoms with van der Waals surface area (Å²) in [7, 11) is 0. The topological polar surface area (TPSA) is 76.4 Å². The smallest absolute Gasteiger partial charge is 0.253 e. The Hall–Kier alpha value is -3.33. The Kier molecular flexibility index (Phi) is 6.30. The van der Waals surface area contributed by atoms with Gasteiger partial charge in [0.25, 0.3) is 5.91 Å². The van der Waals surface area contributed by atoms with E-state index in [-0.39, 0.29) is 17.8 Å². The zero-order valence-corrected chi connectivity index (χ0v) is 18.4. The number of aromatic nitrogens is 4. The highest BCUT2D eigenvalue weighted by molar-refractivity contribution is 5.94. The predicted molar refractivity (Wildman–Crippen MR) is 120 cm³/mol. The monoisotopic (exact) mass is 450 g/mol. The number of likely N-dealkylation sites (tertiary alicyclic amines) is 2. The van der Waals surface area contributed by atoms with E-state index in [1.54, 1.807) is 22.9 Å². The Bertz CT molecular complexity index is 1080. The average Bonchev–Trinajstić information content (AvgIpc) is 3.41. The standard InChI is InChI=1S/C24H27FN6O2/c25-22-6-1-2-7-23(22)33-21-10-14-29(15-11-21)19-8-12-30(13-9-19)24(32)18-4-3-5-20(16-18)31-17-26-27-28-31/h1-7,16-17,19,21H,8-15H2. The van der Waals surface area contributed by atoms with Crippen LogP contribution in [-0.4, -0.2) is 74.2 Å². The van der Waals surface area contributed by atoms with E-state index in [1.165, 1.54) is 12.4 Å². The van der Waals surface area contributed by atoms with Gasteiger partial charge >= 0.3 is 0 Å². The minimum Gasteiger partial charge on any atom is -0.487 e. The van der Waals surface area contributed by atoms with Gasteiger partial charge in [-0.1, -0.05) is 18.2 Å². The van der Waals surface area contributed by atoms with Crippen molar-refractivity contribution in [3.05, 3.63) is 66.2 Å². The number of carbonyl (C=O) groups excluding carboxylic acids is 1. The summed E-state index contributed by atoms with van der Waals surface area (Å²) in [6.45, 7) is 3.35. The van der Waals surface area contributed by atoms with Gasteiger partial charge in [0.15, 0.2) is 11.6 Å². The van der Waals surface area contributed by atoms with Gasteiger partial charge in [0.1, 0.15) is 12.4 Å². The number of halogens is 1. The lowest BCUT2D eigenvalue weighted by molar-refractivity contribution is 0.0416. The predicted octanol–water partition coefficient (Wildman–Crippen LogP) is 2.95. The summed E-state index contributed by atoms with van der Waals surface area (Å²) in [5, 5.41) is 11.2. The molecular weight excluding hydrogens is 423 g/mol. The lowest BCUT2D eigenvalue weighted by Gasteiger charge is -2.41. The van der Waals surface area contributed by atoms with E-state index < -0.39 is 0 Å². The van der Waals surface area contributed by atoms with Gasteiger partial charge in [0.05, 0.1) is 5.69 Å². The van der Waals surface area contributed by atoms with Gasteiger partial charge in [0.2, 0.25) is 0 Å². The highest BCUT2D eigenvalue weighted by Gasteiger charge is 2.30. The summed E-state index contributed by atoms with van der Waals surface area (Å²) < 4.78 is 21.3. The molecule has 3 heterocycles. The summed E-state index contributed by atoms with van der Waals surface area (Å²) >= 11 is 0. The molecule has 1 aromatic heterocycles. The molecule has 2 saturated heterocycles. The van der Waals surface area contributed by atoms with Crippen molar-refractivity contribution in [2.75, 3.05) is 26.2 Å². The molecule has 0 spiro atoms. The number of ether oxygens (including phenoxy) is 1. The molecule has 2 aromatic carbocycles. The summed E-state index contributed by atoms with van der Waals surface area (Å²) in [4.78, 5) is 17.5. The molecule has 2 aliphatic heterocycles. The van der Waals surface area contributed by atoms with Gasteiger partial charge < -0.3 is 9.64 Å². The van der Waals surface area contributed by atoms with Crippen LogP contribution in [0.5, 0.6) is 5.75 Å². The Labute approximate surface area is 191 Å². The molecular formula is C24H27FN6O2. The second-order valence-electron chi connectivity index (χ2n) is 8.61. The third-order valence-corrected chi connectivity index (χ3v) is 6.58. The van der Waals surface area contributed by atoms with Crippen LogP contribution >= 0.6 is 0 Å². The lowest BCUT2D eigenvalue weighted by Crippen LogP contribution is -2.50. The summed E-state index contributed by atoms with van der Waals surface area (Å²) in [5.41, 5.74) is 1.41. The van der Waals surface area contributed by atoms with Crippen LogP contribution in [0.15, 0.2) is 54.9 Å². The molecule has 172 valence electrons. The Morgan fingerprint density at radius 2 is 1.76 bits per heavy atom. The summed E-state index contributed by atoms with van der Waals surface area (Å²) in [5.74, 6) is 0.0766. The molecule has 1 amide bonds. The molecule has 0 atom stereocenters. The number of para-hydroxylation sites is 1. The van der Waals surface area contributed by atoms with Crippen molar-refractivity contribution in [1.29, 1.82) is 0 Å². The van der Waals surface area contributed by atoms with E-state index >= 15 is 0 Å². The number of hydrogen-bond donors (Lipinski definition) is 0. The average molecular weight is 451 g/mol. The maximum Gasteiger partial charge on any atom is 0.253 e. The zero-order valence-electron chi connectivity index (χ0n) is 18.4. The highest BCUT2D eigenvalue weighted by atomic mass is 19.1. The molecule has 9 heteroatoms. The number of amides is 1. The first kappa shape index (κ1) is 21.5.